The fourth-order valence-corrected chi connectivity index (χ4v) is 2.56. The molecule has 4 rings (SSSR count). The predicted molar refractivity (Wildman–Crippen MR) is 76.0 cm³/mol. The van der Waals surface area contributed by atoms with Crippen LogP contribution in [0.5, 0.6) is 5.75 Å². The van der Waals surface area contributed by atoms with Gasteiger partial charge in [-0.1, -0.05) is 0 Å². The molecule has 110 valence electrons. The van der Waals surface area contributed by atoms with Crippen LogP contribution >= 0.6 is 0 Å². The second kappa shape index (κ2) is 4.73. The van der Waals surface area contributed by atoms with Crippen LogP contribution in [0.25, 0.3) is 0 Å². The van der Waals surface area contributed by atoms with Crippen molar-refractivity contribution in [2.75, 3.05) is 6.67 Å². The number of H-pyrrole nitrogens is 1. The molecule has 2 aliphatic rings. The molecule has 0 spiro atoms. The molecule has 0 aliphatic carbocycles. The number of ether oxygens (including phenoxy) is 1. The van der Waals surface area contributed by atoms with Crippen LogP contribution in [-0.2, 0) is 11.2 Å². The zero-order valence-electron chi connectivity index (χ0n) is 11.5. The average molecular weight is 296 g/mol. The molecule has 0 bridgehead atoms. The SMILES string of the molecule is O=C1NCNC2=C1Cc1cc(C(=O)c3ncc[nH]3)ccc1O2. The normalized spacial score (nSPS) is 16.1. The molecular weight excluding hydrogens is 284 g/mol. The molecule has 0 radical (unpaired) electrons. The van der Waals surface area contributed by atoms with Gasteiger partial charge in [0.05, 0.1) is 12.2 Å². The smallest absolute Gasteiger partial charge is 0.254 e. The third kappa shape index (κ3) is 1.95. The van der Waals surface area contributed by atoms with Crippen LogP contribution in [0.3, 0.4) is 0 Å². The van der Waals surface area contributed by atoms with Gasteiger partial charge >= 0.3 is 0 Å². The van der Waals surface area contributed by atoms with Crippen LogP contribution < -0.4 is 15.4 Å². The molecule has 0 unspecified atom stereocenters. The summed E-state index contributed by atoms with van der Waals surface area (Å²) in [5, 5.41) is 5.70. The average Bonchev–Trinajstić information content (AvgIpc) is 3.07. The zero-order valence-corrected chi connectivity index (χ0v) is 11.5. The molecule has 1 aromatic carbocycles. The molecule has 3 heterocycles. The Labute approximate surface area is 125 Å². The summed E-state index contributed by atoms with van der Waals surface area (Å²) in [6, 6.07) is 5.17. The fourth-order valence-electron chi connectivity index (χ4n) is 2.56. The van der Waals surface area contributed by atoms with Gasteiger partial charge < -0.3 is 20.4 Å². The molecule has 7 nitrogen and oxygen atoms in total. The summed E-state index contributed by atoms with van der Waals surface area (Å²) in [5.41, 5.74) is 1.85. The number of carbonyl (C=O) groups excluding carboxylic acids is 2. The van der Waals surface area contributed by atoms with E-state index in [0.717, 1.165) is 5.56 Å². The van der Waals surface area contributed by atoms with E-state index in [1.54, 1.807) is 24.4 Å². The number of nitrogens with one attached hydrogen (secondary N) is 3. The molecule has 0 atom stereocenters. The van der Waals surface area contributed by atoms with Crippen molar-refractivity contribution in [3.63, 3.8) is 0 Å². The first-order valence-corrected chi connectivity index (χ1v) is 6.82. The number of aromatic nitrogens is 2. The van der Waals surface area contributed by atoms with Gasteiger partial charge in [0, 0.05) is 29.9 Å². The second-order valence-corrected chi connectivity index (χ2v) is 5.04. The Morgan fingerprint density at radius 3 is 3.00 bits per heavy atom. The lowest BCUT2D eigenvalue weighted by molar-refractivity contribution is -0.118. The maximum absolute atomic E-state index is 12.3. The molecule has 7 heteroatoms. The molecule has 2 aromatic rings. The predicted octanol–water partition coefficient (Wildman–Crippen LogP) is 0.464. The minimum Gasteiger partial charge on any atom is -0.441 e. The van der Waals surface area contributed by atoms with E-state index >= 15 is 0 Å². The summed E-state index contributed by atoms with van der Waals surface area (Å²) in [6.07, 6.45) is 3.55. The number of imidazole rings is 1. The van der Waals surface area contributed by atoms with E-state index in [4.69, 9.17) is 4.74 Å². The zero-order chi connectivity index (χ0) is 15.1. The Bertz CT molecular complexity index is 808. The van der Waals surface area contributed by atoms with Crippen LogP contribution in [0.4, 0.5) is 0 Å². The van der Waals surface area contributed by atoms with Crippen molar-refractivity contribution in [1.82, 2.24) is 20.6 Å². The van der Waals surface area contributed by atoms with Gasteiger partial charge in [0.2, 0.25) is 11.7 Å². The number of amides is 1. The van der Waals surface area contributed by atoms with E-state index in [9.17, 15) is 9.59 Å². The highest BCUT2D eigenvalue weighted by molar-refractivity contribution is 6.06. The Morgan fingerprint density at radius 1 is 1.27 bits per heavy atom. The first-order valence-electron chi connectivity index (χ1n) is 6.82. The first-order chi connectivity index (χ1) is 10.7. The third-order valence-electron chi connectivity index (χ3n) is 3.66. The van der Waals surface area contributed by atoms with Crippen LogP contribution in [0.1, 0.15) is 21.7 Å². The monoisotopic (exact) mass is 296 g/mol. The Balaban J connectivity index is 1.69. The number of rotatable bonds is 2. The van der Waals surface area contributed by atoms with E-state index < -0.39 is 0 Å². The first kappa shape index (κ1) is 12.6. The second-order valence-electron chi connectivity index (χ2n) is 5.04. The lowest BCUT2D eigenvalue weighted by Gasteiger charge is -2.27. The molecule has 1 amide bonds. The molecule has 0 saturated carbocycles. The number of carbonyl (C=O) groups is 2. The van der Waals surface area contributed by atoms with Gasteiger partial charge in [-0.05, 0) is 18.2 Å². The summed E-state index contributed by atoms with van der Waals surface area (Å²) in [6.45, 7) is 0.349. The maximum atomic E-state index is 12.3. The quantitative estimate of drug-likeness (QED) is 0.700. The summed E-state index contributed by atoms with van der Waals surface area (Å²) in [5.74, 6) is 1.08. The summed E-state index contributed by atoms with van der Waals surface area (Å²) >= 11 is 0. The van der Waals surface area contributed by atoms with Crippen LogP contribution in [0.15, 0.2) is 42.0 Å². The number of aromatic amines is 1. The van der Waals surface area contributed by atoms with Crippen molar-refractivity contribution in [3.8, 4) is 5.75 Å². The van der Waals surface area contributed by atoms with Gasteiger partial charge in [0.1, 0.15) is 5.75 Å². The largest absolute Gasteiger partial charge is 0.441 e. The fraction of sp³-hybridized carbons (Fsp3) is 0.133. The van der Waals surface area contributed by atoms with Gasteiger partial charge in [-0.15, -0.1) is 0 Å². The highest BCUT2D eigenvalue weighted by Crippen LogP contribution is 2.31. The van der Waals surface area contributed by atoms with Crippen LogP contribution in [0.2, 0.25) is 0 Å². The highest BCUT2D eigenvalue weighted by Gasteiger charge is 2.28. The van der Waals surface area contributed by atoms with Crippen molar-refractivity contribution in [3.05, 3.63) is 59.0 Å². The van der Waals surface area contributed by atoms with E-state index in [1.165, 1.54) is 6.20 Å². The molecule has 0 saturated heterocycles. The molecule has 22 heavy (non-hydrogen) atoms. The van der Waals surface area contributed by atoms with Gasteiger partial charge in [0.25, 0.3) is 5.91 Å². The third-order valence-corrected chi connectivity index (χ3v) is 3.66. The van der Waals surface area contributed by atoms with Crippen LogP contribution in [-0.4, -0.2) is 28.3 Å². The van der Waals surface area contributed by atoms with E-state index in [1.807, 2.05) is 0 Å². The molecular formula is C15H12N4O3. The van der Waals surface area contributed by atoms with Crippen molar-refractivity contribution in [1.29, 1.82) is 0 Å². The number of hydrogen-bond donors (Lipinski definition) is 3. The van der Waals surface area contributed by atoms with E-state index in [0.29, 0.717) is 35.9 Å². The number of hydrogen-bond acceptors (Lipinski definition) is 5. The van der Waals surface area contributed by atoms with Crippen molar-refractivity contribution in [2.24, 2.45) is 0 Å². The lowest BCUT2D eigenvalue weighted by Crippen LogP contribution is -2.44. The number of benzene rings is 1. The number of nitrogens with zero attached hydrogens (tertiary/aromatic N) is 1. The maximum Gasteiger partial charge on any atom is 0.254 e. The molecule has 2 aliphatic heterocycles. The Morgan fingerprint density at radius 2 is 2.18 bits per heavy atom. The van der Waals surface area contributed by atoms with Gasteiger partial charge in [-0.3, -0.25) is 9.59 Å². The van der Waals surface area contributed by atoms with Crippen molar-refractivity contribution < 1.29 is 14.3 Å². The van der Waals surface area contributed by atoms with Crippen molar-refractivity contribution in [2.45, 2.75) is 6.42 Å². The molecule has 0 fully saturated rings. The highest BCUT2D eigenvalue weighted by atomic mass is 16.5. The lowest BCUT2D eigenvalue weighted by atomic mass is 9.97. The summed E-state index contributed by atoms with van der Waals surface area (Å²) < 4.78 is 5.70. The van der Waals surface area contributed by atoms with Gasteiger partial charge in [-0.25, -0.2) is 4.98 Å². The molecule has 1 aromatic heterocycles. The minimum absolute atomic E-state index is 0.151. The summed E-state index contributed by atoms with van der Waals surface area (Å²) in [7, 11) is 0. The van der Waals surface area contributed by atoms with Crippen LogP contribution in [0, 0.1) is 0 Å². The topological polar surface area (TPSA) is 96.1 Å². The number of fused-ring (bicyclic) bond motifs is 1. The van der Waals surface area contributed by atoms with E-state index in [2.05, 4.69) is 20.6 Å². The standard InChI is InChI=1S/C15H12N4O3/c20-12(13-16-3-4-17-13)8-1-2-11-9(5-8)6-10-14(21)18-7-19-15(10)22-11/h1-5,19H,6-7H2,(H,16,17)(H,18,21). The number of ketones is 1. The van der Waals surface area contributed by atoms with Crippen molar-refractivity contribution >= 4 is 11.7 Å². The Hall–Kier alpha value is -3.09. The Kier molecular flexibility index (Phi) is 2.72. The minimum atomic E-state index is -0.196. The van der Waals surface area contributed by atoms with Gasteiger partial charge in [0.15, 0.2) is 5.82 Å². The van der Waals surface area contributed by atoms with Gasteiger partial charge in [-0.2, -0.15) is 0 Å². The summed E-state index contributed by atoms with van der Waals surface area (Å²) in [4.78, 5) is 30.9. The molecule has 3 N–H and O–H groups in total. The van der Waals surface area contributed by atoms with E-state index in [-0.39, 0.29) is 17.5 Å².